The summed E-state index contributed by atoms with van der Waals surface area (Å²) in [6.07, 6.45) is -3.71. The molecule has 3 rings (SSSR count). The van der Waals surface area contributed by atoms with E-state index in [1.54, 1.807) is 6.07 Å². The summed E-state index contributed by atoms with van der Waals surface area (Å²) in [6.45, 7) is 0. The second kappa shape index (κ2) is 9.43. The van der Waals surface area contributed by atoms with Gasteiger partial charge in [0.15, 0.2) is 0 Å². The summed E-state index contributed by atoms with van der Waals surface area (Å²) in [6, 6.07) is 7.87. The van der Waals surface area contributed by atoms with E-state index in [2.05, 4.69) is 9.46 Å². The van der Waals surface area contributed by atoms with Crippen LogP contribution in [0.1, 0.15) is 31.2 Å². The van der Waals surface area contributed by atoms with Gasteiger partial charge in [0, 0.05) is 6.04 Å². The van der Waals surface area contributed by atoms with Crippen molar-refractivity contribution < 1.29 is 39.5 Å². The second-order valence-electron chi connectivity index (χ2n) is 7.68. The molecule has 1 saturated carbocycles. The highest BCUT2D eigenvalue weighted by Gasteiger charge is 2.39. The number of sulfonamides is 1. The van der Waals surface area contributed by atoms with Crippen molar-refractivity contribution in [3.05, 3.63) is 54.1 Å². The minimum atomic E-state index is -5.04. The molecule has 0 heterocycles. The molecular weight excluding hydrogens is 483 g/mol. The summed E-state index contributed by atoms with van der Waals surface area (Å²) in [5, 5.41) is 0. The lowest BCUT2D eigenvalue weighted by Crippen LogP contribution is -2.40. The van der Waals surface area contributed by atoms with Crippen LogP contribution in [0.2, 0.25) is 0 Å². The fourth-order valence-electron chi connectivity index (χ4n) is 3.82. The Bertz CT molecular complexity index is 1230. The molecule has 12 heteroatoms. The molecule has 2 aromatic carbocycles. The van der Waals surface area contributed by atoms with Gasteiger partial charge in [-0.2, -0.15) is 13.2 Å². The summed E-state index contributed by atoms with van der Waals surface area (Å²) in [5.74, 6) is -1.10. The van der Waals surface area contributed by atoms with Crippen LogP contribution in [0.4, 0.5) is 13.2 Å². The van der Waals surface area contributed by atoms with E-state index in [0.717, 1.165) is 6.07 Å². The van der Waals surface area contributed by atoms with Crippen LogP contribution in [-0.2, 0) is 35.6 Å². The Balaban J connectivity index is 2.02. The molecule has 1 N–H and O–H groups in total. The van der Waals surface area contributed by atoms with Crippen LogP contribution in [-0.4, -0.2) is 36.0 Å². The average Bonchev–Trinajstić information content (AvgIpc) is 2.78. The van der Waals surface area contributed by atoms with Crippen molar-refractivity contribution in [1.29, 1.82) is 0 Å². The van der Waals surface area contributed by atoms with Crippen LogP contribution in [0.3, 0.4) is 0 Å². The quantitative estimate of drug-likeness (QED) is 0.602. The highest BCUT2D eigenvalue weighted by Crippen LogP contribution is 2.37. The molecule has 1 aliphatic rings. The van der Waals surface area contributed by atoms with Gasteiger partial charge in [-0.25, -0.2) is 21.6 Å². The predicted molar refractivity (Wildman–Crippen MR) is 111 cm³/mol. The van der Waals surface area contributed by atoms with Crippen LogP contribution in [0.15, 0.2) is 63.2 Å². The third kappa shape index (κ3) is 5.56. The number of sulfone groups is 1. The molecule has 2 unspecified atom stereocenters. The number of nitrogens with one attached hydrogen (secondary N) is 1. The number of alkyl halides is 3. The molecular formula is C21H22F3NO6S2. The summed E-state index contributed by atoms with van der Waals surface area (Å²) in [5.41, 5.74) is -1.48. The summed E-state index contributed by atoms with van der Waals surface area (Å²) < 4.78 is 99.5. The molecule has 33 heavy (non-hydrogen) atoms. The van der Waals surface area contributed by atoms with Crippen molar-refractivity contribution in [1.82, 2.24) is 4.72 Å². The van der Waals surface area contributed by atoms with E-state index < -0.39 is 59.3 Å². The monoisotopic (exact) mass is 505 g/mol. The van der Waals surface area contributed by atoms with Crippen molar-refractivity contribution in [3.8, 4) is 0 Å². The molecule has 7 nitrogen and oxygen atoms in total. The third-order valence-corrected chi connectivity index (χ3v) is 8.77. The lowest BCUT2D eigenvalue weighted by atomic mass is 9.86. The first-order valence-corrected chi connectivity index (χ1v) is 12.9. The standard InChI is InChI=1S/C21H22F3NO6S2/c1-31-20(26)14-6-5-7-15(12-14)25-33(29,30)19-13-17(10-11-18(19)21(22,23)24)32(27,28)16-8-3-2-4-9-16/h2-4,8-11,13-15,25H,5-7,12H2,1H3. The normalized spacial score (nSPS) is 19.8. The van der Waals surface area contributed by atoms with Gasteiger partial charge in [-0.15, -0.1) is 0 Å². The van der Waals surface area contributed by atoms with E-state index in [1.165, 1.54) is 31.4 Å². The van der Waals surface area contributed by atoms with E-state index in [1.807, 2.05) is 0 Å². The number of carbonyl (C=O) groups excluding carboxylic acids is 1. The maximum absolute atomic E-state index is 13.6. The van der Waals surface area contributed by atoms with Crippen molar-refractivity contribution in [2.24, 2.45) is 5.92 Å². The van der Waals surface area contributed by atoms with E-state index in [4.69, 9.17) is 0 Å². The molecule has 180 valence electrons. The van der Waals surface area contributed by atoms with E-state index in [-0.39, 0.29) is 11.3 Å². The summed E-state index contributed by atoms with van der Waals surface area (Å²) in [7, 11) is -7.84. The number of methoxy groups -OCH3 is 1. The van der Waals surface area contributed by atoms with Crippen LogP contribution < -0.4 is 4.72 Å². The van der Waals surface area contributed by atoms with Gasteiger partial charge >= 0.3 is 12.1 Å². The first kappa shape index (κ1) is 25.2. The molecule has 1 aliphatic carbocycles. The van der Waals surface area contributed by atoms with Gasteiger partial charge < -0.3 is 4.74 Å². The fourth-order valence-corrected chi connectivity index (χ4v) is 6.74. The molecule has 0 radical (unpaired) electrons. The number of carbonyl (C=O) groups is 1. The smallest absolute Gasteiger partial charge is 0.417 e. The first-order valence-electron chi connectivity index (χ1n) is 9.98. The van der Waals surface area contributed by atoms with Crippen molar-refractivity contribution >= 4 is 25.8 Å². The Morgan fingerprint density at radius 3 is 2.27 bits per heavy atom. The molecule has 0 aromatic heterocycles. The Morgan fingerprint density at radius 1 is 1.00 bits per heavy atom. The van der Waals surface area contributed by atoms with E-state index in [0.29, 0.717) is 31.4 Å². The molecule has 0 bridgehead atoms. The number of halogens is 3. The number of hydrogen-bond donors (Lipinski definition) is 1. The number of hydrogen-bond acceptors (Lipinski definition) is 6. The Kier molecular flexibility index (Phi) is 7.20. The second-order valence-corrected chi connectivity index (χ2v) is 11.3. The Morgan fingerprint density at radius 2 is 1.67 bits per heavy atom. The molecule has 1 fully saturated rings. The zero-order valence-electron chi connectivity index (χ0n) is 17.5. The van der Waals surface area contributed by atoms with Crippen LogP contribution >= 0.6 is 0 Å². The first-order chi connectivity index (χ1) is 15.4. The zero-order valence-corrected chi connectivity index (χ0v) is 19.1. The van der Waals surface area contributed by atoms with Crippen molar-refractivity contribution in [3.63, 3.8) is 0 Å². The summed E-state index contributed by atoms with van der Waals surface area (Å²) >= 11 is 0. The van der Waals surface area contributed by atoms with E-state index in [9.17, 15) is 34.8 Å². The molecule has 2 atom stereocenters. The SMILES string of the molecule is COC(=O)C1CCCC(NS(=O)(=O)c2cc(S(=O)(=O)c3ccccc3)ccc2C(F)(F)F)C1. The van der Waals surface area contributed by atoms with Crippen LogP contribution in [0.5, 0.6) is 0 Å². The van der Waals surface area contributed by atoms with Gasteiger partial charge in [-0.1, -0.05) is 24.6 Å². The fraction of sp³-hybridized carbons (Fsp3) is 0.381. The number of rotatable bonds is 6. The third-order valence-electron chi connectivity index (χ3n) is 5.44. The lowest BCUT2D eigenvalue weighted by molar-refractivity contribution is -0.146. The van der Waals surface area contributed by atoms with Crippen molar-refractivity contribution in [2.75, 3.05) is 7.11 Å². The predicted octanol–water partition coefficient (Wildman–Crippen LogP) is 3.55. The van der Waals surface area contributed by atoms with Crippen LogP contribution in [0.25, 0.3) is 0 Å². The molecule has 0 amide bonds. The average molecular weight is 506 g/mol. The number of ether oxygens (including phenoxy) is 1. The number of benzene rings is 2. The highest BCUT2D eigenvalue weighted by molar-refractivity contribution is 7.91. The van der Waals surface area contributed by atoms with Crippen LogP contribution in [0, 0.1) is 5.92 Å². The molecule has 0 aliphatic heterocycles. The Hall–Kier alpha value is -2.44. The van der Waals surface area contributed by atoms with E-state index >= 15 is 0 Å². The minimum Gasteiger partial charge on any atom is -0.469 e. The maximum atomic E-state index is 13.6. The van der Waals surface area contributed by atoms with Gasteiger partial charge in [-0.05, 0) is 49.6 Å². The van der Waals surface area contributed by atoms with Gasteiger partial charge in [-0.3, -0.25) is 4.79 Å². The van der Waals surface area contributed by atoms with Crippen molar-refractivity contribution in [2.45, 2.75) is 52.6 Å². The zero-order chi connectivity index (χ0) is 24.4. The topological polar surface area (TPSA) is 107 Å². The minimum absolute atomic E-state index is 0.0647. The molecule has 0 spiro atoms. The lowest BCUT2D eigenvalue weighted by Gasteiger charge is -2.28. The van der Waals surface area contributed by atoms with Gasteiger partial charge in [0.1, 0.15) is 0 Å². The maximum Gasteiger partial charge on any atom is 0.417 e. The van der Waals surface area contributed by atoms with Gasteiger partial charge in [0.2, 0.25) is 19.9 Å². The summed E-state index contributed by atoms with van der Waals surface area (Å²) in [4.78, 5) is 9.85. The number of esters is 1. The van der Waals surface area contributed by atoms with Gasteiger partial charge in [0.25, 0.3) is 0 Å². The Labute approximate surface area is 189 Å². The van der Waals surface area contributed by atoms with Gasteiger partial charge in [0.05, 0.1) is 33.3 Å². The highest BCUT2D eigenvalue weighted by atomic mass is 32.2. The molecule has 2 aromatic rings. The molecule has 0 saturated heterocycles. The largest absolute Gasteiger partial charge is 0.469 e.